The van der Waals surface area contributed by atoms with Gasteiger partial charge in [0, 0.05) is 12.6 Å². The first-order valence-corrected chi connectivity index (χ1v) is 8.19. The lowest BCUT2D eigenvalue weighted by molar-refractivity contribution is 0.245. The molecule has 5 heteroatoms. The predicted molar refractivity (Wildman–Crippen MR) is 83.6 cm³/mol. The Kier molecular flexibility index (Phi) is 4.50. The van der Waals surface area contributed by atoms with Crippen molar-refractivity contribution < 1.29 is 4.74 Å². The van der Waals surface area contributed by atoms with Gasteiger partial charge in [-0.1, -0.05) is 6.42 Å². The fourth-order valence-electron chi connectivity index (χ4n) is 3.90. The molecule has 1 aliphatic carbocycles. The second-order valence-electron chi connectivity index (χ2n) is 6.72. The van der Waals surface area contributed by atoms with Crippen LogP contribution in [0.4, 0.5) is 0 Å². The highest BCUT2D eigenvalue weighted by molar-refractivity contribution is 5.29. The molecule has 0 radical (unpaired) electrons. The van der Waals surface area contributed by atoms with E-state index in [0.717, 1.165) is 24.8 Å². The standard InChI is InChI=1S/C16H28N4O/c1-19(2)9-10-20-16(15(21-3)11-17-20)14-8-7-12-5-4-6-13(12)18-14/h11-14,18H,4-10H2,1-3H3. The van der Waals surface area contributed by atoms with Gasteiger partial charge in [-0.25, -0.2) is 0 Å². The van der Waals surface area contributed by atoms with Crippen molar-refractivity contribution in [3.8, 4) is 5.75 Å². The van der Waals surface area contributed by atoms with Crippen molar-refractivity contribution in [2.45, 2.75) is 50.7 Å². The van der Waals surface area contributed by atoms with Crippen LogP contribution >= 0.6 is 0 Å². The number of hydrogen-bond donors (Lipinski definition) is 1. The largest absolute Gasteiger partial charge is 0.493 e. The summed E-state index contributed by atoms with van der Waals surface area (Å²) < 4.78 is 7.69. The van der Waals surface area contributed by atoms with Gasteiger partial charge in [-0.15, -0.1) is 0 Å². The Balaban J connectivity index is 1.77. The first kappa shape index (κ1) is 14.9. The summed E-state index contributed by atoms with van der Waals surface area (Å²) >= 11 is 0. The smallest absolute Gasteiger partial charge is 0.161 e. The Morgan fingerprint density at radius 1 is 1.33 bits per heavy atom. The summed E-state index contributed by atoms with van der Waals surface area (Å²) in [6, 6.07) is 1.09. The lowest BCUT2D eigenvalue weighted by Gasteiger charge is -2.34. The summed E-state index contributed by atoms with van der Waals surface area (Å²) in [5.41, 5.74) is 1.24. The van der Waals surface area contributed by atoms with Crippen LogP contribution in [0.3, 0.4) is 0 Å². The molecule has 3 atom stereocenters. The lowest BCUT2D eigenvalue weighted by Crippen LogP contribution is -2.41. The Morgan fingerprint density at radius 3 is 2.95 bits per heavy atom. The number of piperidine rings is 1. The van der Waals surface area contributed by atoms with E-state index in [1.54, 1.807) is 7.11 Å². The van der Waals surface area contributed by atoms with E-state index in [1.807, 2.05) is 6.20 Å². The molecule has 118 valence electrons. The molecule has 3 unspecified atom stereocenters. The number of aromatic nitrogens is 2. The fourth-order valence-corrected chi connectivity index (χ4v) is 3.90. The van der Waals surface area contributed by atoms with Crippen LogP contribution in [0, 0.1) is 5.92 Å². The Labute approximate surface area is 127 Å². The van der Waals surface area contributed by atoms with Gasteiger partial charge < -0.3 is 15.0 Å². The van der Waals surface area contributed by atoms with E-state index in [0.29, 0.717) is 12.1 Å². The molecule has 1 saturated carbocycles. The molecule has 0 amide bonds. The van der Waals surface area contributed by atoms with Gasteiger partial charge >= 0.3 is 0 Å². The Morgan fingerprint density at radius 2 is 2.19 bits per heavy atom. The van der Waals surface area contributed by atoms with Crippen molar-refractivity contribution in [1.82, 2.24) is 20.0 Å². The highest BCUT2D eigenvalue weighted by Gasteiger charge is 2.36. The highest BCUT2D eigenvalue weighted by Crippen LogP contribution is 2.39. The number of rotatable bonds is 5. The third-order valence-corrected chi connectivity index (χ3v) is 5.05. The summed E-state index contributed by atoms with van der Waals surface area (Å²) in [4.78, 5) is 2.19. The second-order valence-corrected chi connectivity index (χ2v) is 6.72. The third-order valence-electron chi connectivity index (χ3n) is 5.05. The molecule has 2 fully saturated rings. The molecule has 5 nitrogen and oxygen atoms in total. The number of hydrogen-bond acceptors (Lipinski definition) is 4. The number of likely N-dealkylation sites (N-methyl/N-ethyl adjacent to an activating group) is 1. The number of methoxy groups -OCH3 is 1. The number of nitrogens with one attached hydrogen (secondary N) is 1. The van der Waals surface area contributed by atoms with Gasteiger partial charge in [-0.2, -0.15) is 5.10 Å². The minimum Gasteiger partial charge on any atom is -0.493 e. The molecule has 1 saturated heterocycles. The molecule has 2 heterocycles. The van der Waals surface area contributed by atoms with E-state index in [-0.39, 0.29) is 0 Å². The fraction of sp³-hybridized carbons (Fsp3) is 0.812. The monoisotopic (exact) mass is 292 g/mol. The van der Waals surface area contributed by atoms with E-state index < -0.39 is 0 Å². The van der Waals surface area contributed by atoms with E-state index in [1.165, 1.54) is 37.8 Å². The average Bonchev–Trinajstić information content (AvgIpc) is 3.10. The maximum absolute atomic E-state index is 5.56. The van der Waals surface area contributed by atoms with Gasteiger partial charge in [0.25, 0.3) is 0 Å². The molecule has 0 bridgehead atoms. The first-order valence-electron chi connectivity index (χ1n) is 8.19. The first-order chi connectivity index (χ1) is 10.2. The van der Waals surface area contributed by atoms with Gasteiger partial charge in [-0.05, 0) is 45.7 Å². The van der Waals surface area contributed by atoms with Gasteiger partial charge in [0.1, 0.15) is 0 Å². The molecular formula is C16H28N4O. The molecule has 3 rings (SSSR count). The van der Waals surface area contributed by atoms with Crippen molar-refractivity contribution in [2.24, 2.45) is 5.92 Å². The van der Waals surface area contributed by atoms with E-state index in [4.69, 9.17) is 4.74 Å². The Hall–Kier alpha value is -1.07. The van der Waals surface area contributed by atoms with Crippen molar-refractivity contribution >= 4 is 0 Å². The maximum Gasteiger partial charge on any atom is 0.161 e. The van der Waals surface area contributed by atoms with Crippen LogP contribution in [0.1, 0.15) is 43.8 Å². The zero-order chi connectivity index (χ0) is 14.8. The minimum absolute atomic E-state index is 0.393. The summed E-state index contributed by atoms with van der Waals surface area (Å²) in [5, 5.41) is 8.41. The van der Waals surface area contributed by atoms with E-state index >= 15 is 0 Å². The third kappa shape index (κ3) is 3.09. The van der Waals surface area contributed by atoms with E-state index in [9.17, 15) is 0 Å². The maximum atomic E-state index is 5.56. The zero-order valence-corrected chi connectivity index (χ0v) is 13.5. The summed E-state index contributed by atoms with van der Waals surface area (Å²) in [6.07, 6.45) is 8.52. The Bertz CT molecular complexity index is 471. The van der Waals surface area contributed by atoms with Crippen molar-refractivity contribution in [3.05, 3.63) is 11.9 Å². The molecule has 1 aliphatic heterocycles. The minimum atomic E-state index is 0.393. The lowest BCUT2D eigenvalue weighted by atomic mass is 9.88. The predicted octanol–water partition coefficient (Wildman–Crippen LogP) is 2.05. The molecule has 0 aromatic carbocycles. The van der Waals surface area contributed by atoms with Crippen LogP contribution in [-0.4, -0.2) is 48.5 Å². The molecule has 0 spiro atoms. The quantitative estimate of drug-likeness (QED) is 0.902. The second kappa shape index (κ2) is 6.36. The number of fused-ring (bicyclic) bond motifs is 1. The molecule has 1 N–H and O–H groups in total. The van der Waals surface area contributed by atoms with Gasteiger partial charge in [0.15, 0.2) is 5.75 Å². The van der Waals surface area contributed by atoms with Crippen LogP contribution in [0.15, 0.2) is 6.20 Å². The van der Waals surface area contributed by atoms with E-state index in [2.05, 4.69) is 34.1 Å². The van der Waals surface area contributed by atoms with Crippen LogP contribution < -0.4 is 10.1 Å². The summed E-state index contributed by atoms with van der Waals surface area (Å²) in [5.74, 6) is 1.83. The number of ether oxygens (including phenoxy) is 1. The molecule has 2 aliphatic rings. The summed E-state index contributed by atoms with van der Waals surface area (Å²) in [7, 11) is 5.95. The van der Waals surface area contributed by atoms with Crippen LogP contribution in [0.25, 0.3) is 0 Å². The van der Waals surface area contributed by atoms with Gasteiger partial charge in [-0.3, -0.25) is 4.68 Å². The highest BCUT2D eigenvalue weighted by atomic mass is 16.5. The van der Waals surface area contributed by atoms with Crippen molar-refractivity contribution in [2.75, 3.05) is 27.7 Å². The normalized spacial score (nSPS) is 28.9. The van der Waals surface area contributed by atoms with Gasteiger partial charge in [0.2, 0.25) is 0 Å². The van der Waals surface area contributed by atoms with Crippen LogP contribution in [-0.2, 0) is 6.54 Å². The average molecular weight is 292 g/mol. The molecule has 21 heavy (non-hydrogen) atoms. The SMILES string of the molecule is COc1cnn(CCN(C)C)c1C1CCC2CCCC2N1. The van der Waals surface area contributed by atoms with Crippen LogP contribution in [0.5, 0.6) is 5.75 Å². The van der Waals surface area contributed by atoms with Crippen LogP contribution in [0.2, 0.25) is 0 Å². The number of nitrogens with zero attached hydrogens (tertiary/aromatic N) is 3. The topological polar surface area (TPSA) is 42.3 Å². The summed E-state index contributed by atoms with van der Waals surface area (Å²) in [6.45, 7) is 1.91. The van der Waals surface area contributed by atoms with Gasteiger partial charge in [0.05, 0.1) is 31.6 Å². The molecule has 1 aromatic rings. The van der Waals surface area contributed by atoms with Crippen molar-refractivity contribution in [1.29, 1.82) is 0 Å². The van der Waals surface area contributed by atoms with Crippen molar-refractivity contribution in [3.63, 3.8) is 0 Å². The molecule has 1 aromatic heterocycles. The molecular weight excluding hydrogens is 264 g/mol. The zero-order valence-electron chi connectivity index (χ0n) is 13.5.